The zero-order valence-electron chi connectivity index (χ0n) is 9.23. The number of ether oxygens (including phenoxy) is 1. The fraction of sp³-hybridized carbons (Fsp3) is 0.417. The molecule has 3 N–H and O–H groups in total. The van der Waals surface area contributed by atoms with E-state index in [0.29, 0.717) is 16.9 Å². The molecule has 0 bridgehead atoms. The van der Waals surface area contributed by atoms with Gasteiger partial charge in [-0.05, 0) is 37.0 Å². The second-order valence-corrected chi connectivity index (χ2v) is 4.64. The summed E-state index contributed by atoms with van der Waals surface area (Å²) in [7, 11) is 0. The summed E-state index contributed by atoms with van der Waals surface area (Å²) in [6.45, 7) is 0. The smallest absolute Gasteiger partial charge is 0.320 e. The fourth-order valence-corrected chi connectivity index (χ4v) is 1.72. The number of carboxylic acids is 1. The summed E-state index contributed by atoms with van der Waals surface area (Å²) in [5, 5.41) is 9.22. The molecule has 0 radical (unpaired) electrons. The number of hydrogen-bond donors (Lipinski definition) is 2. The molecular formula is C12H14ClNO3. The maximum absolute atomic E-state index is 10.6. The van der Waals surface area contributed by atoms with Crippen LogP contribution in [0.4, 0.5) is 0 Å². The van der Waals surface area contributed by atoms with E-state index in [2.05, 4.69) is 0 Å². The molecule has 0 aromatic heterocycles. The van der Waals surface area contributed by atoms with Crippen LogP contribution >= 0.6 is 11.6 Å². The number of aliphatic carboxylic acids is 1. The van der Waals surface area contributed by atoms with E-state index in [1.54, 1.807) is 18.2 Å². The van der Waals surface area contributed by atoms with Crippen molar-refractivity contribution in [1.29, 1.82) is 0 Å². The van der Waals surface area contributed by atoms with Crippen LogP contribution in [0.1, 0.15) is 18.4 Å². The van der Waals surface area contributed by atoms with E-state index in [1.165, 1.54) is 0 Å². The van der Waals surface area contributed by atoms with E-state index in [4.69, 9.17) is 27.2 Å². The molecule has 5 heteroatoms. The van der Waals surface area contributed by atoms with Gasteiger partial charge in [-0.3, -0.25) is 4.79 Å². The van der Waals surface area contributed by atoms with Crippen LogP contribution in [0.5, 0.6) is 5.75 Å². The second-order valence-electron chi connectivity index (χ2n) is 4.23. The molecule has 1 aromatic carbocycles. The maximum atomic E-state index is 10.6. The van der Waals surface area contributed by atoms with Crippen LogP contribution in [-0.4, -0.2) is 23.2 Å². The monoisotopic (exact) mass is 255 g/mol. The quantitative estimate of drug-likeness (QED) is 0.842. The fourth-order valence-electron chi connectivity index (χ4n) is 1.47. The molecule has 92 valence electrons. The lowest BCUT2D eigenvalue weighted by atomic mass is 10.1. The molecule has 1 aliphatic carbocycles. The van der Waals surface area contributed by atoms with Crippen molar-refractivity contribution >= 4 is 17.6 Å². The molecule has 1 unspecified atom stereocenters. The van der Waals surface area contributed by atoms with Crippen LogP contribution < -0.4 is 10.5 Å². The average Bonchev–Trinajstić information content (AvgIpc) is 3.06. The van der Waals surface area contributed by atoms with Gasteiger partial charge >= 0.3 is 5.97 Å². The highest BCUT2D eigenvalue weighted by Gasteiger charge is 2.24. The minimum atomic E-state index is -1.01. The largest absolute Gasteiger partial charge is 0.489 e. The summed E-state index contributed by atoms with van der Waals surface area (Å²) in [6.07, 6.45) is 2.70. The van der Waals surface area contributed by atoms with E-state index < -0.39 is 12.0 Å². The van der Waals surface area contributed by atoms with Gasteiger partial charge in [0.05, 0.1) is 11.1 Å². The van der Waals surface area contributed by atoms with Gasteiger partial charge in [-0.2, -0.15) is 0 Å². The molecule has 1 atom stereocenters. The van der Waals surface area contributed by atoms with E-state index >= 15 is 0 Å². The van der Waals surface area contributed by atoms with Crippen molar-refractivity contribution in [2.75, 3.05) is 0 Å². The highest BCUT2D eigenvalue weighted by Crippen LogP contribution is 2.32. The van der Waals surface area contributed by atoms with Crippen LogP contribution in [0.15, 0.2) is 18.2 Å². The van der Waals surface area contributed by atoms with Crippen molar-refractivity contribution < 1.29 is 14.6 Å². The number of hydrogen-bond acceptors (Lipinski definition) is 3. The summed E-state index contributed by atoms with van der Waals surface area (Å²) in [5.74, 6) is -0.360. The predicted octanol–water partition coefficient (Wildman–Crippen LogP) is 1.84. The normalized spacial score (nSPS) is 16.6. The first-order chi connectivity index (χ1) is 8.06. The van der Waals surface area contributed by atoms with Crippen molar-refractivity contribution in [3.05, 3.63) is 28.8 Å². The first-order valence-electron chi connectivity index (χ1n) is 5.49. The van der Waals surface area contributed by atoms with Gasteiger partial charge in [-0.25, -0.2) is 0 Å². The van der Waals surface area contributed by atoms with E-state index in [-0.39, 0.29) is 6.42 Å². The molecule has 0 aliphatic heterocycles. The molecule has 1 aromatic rings. The van der Waals surface area contributed by atoms with Crippen molar-refractivity contribution in [2.45, 2.75) is 31.4 Å². The molecule has 0 heterocycles. The highest BCUT2D eigenvalue weighted by atomic mass is 35.5. The molecule has 0 saturated heterocycles. The number of benzene rings is 1. The van der Waals surface area contributed by atoms with Gasteiger partial charge in [0.2, 0.25) is 0 Å². The van der Waals surface area contributed by atoms with E-state index in [1.807, 2.05) is 0 Å². The number of carboxylic acid groups (broad SMARTS) is 1. The highest BCUT2D eigenvalue weighted by molar-refractivity contribution is 6.32. The van der Waals surface area contributed by atoms with Crippen LogP contribution in [-0.2, 0) is 11.2 Å². The number of rotatable bonds is 5. The standard InChI is InChI=1S/C12H14ClNO3/c13-9-5-7(6-10(14)12(15)16)1-4-11(9)17-8-2-3-8/h1,4-5,8,10H,2-3,6,14H2,(H,15,16). The van der Waals surface area contributed by atoms with E-state index in [0.717, 1.165) is 18.4 Å². The average molecular weight is 256 g/mol. The number of nitrogens with two attached hydrogens (primary N) is 1. The zero-order valence-corrected chi connectivity index (χ0v) is 9.98. The van der Waals surface area contributed by atoms with Crippen molar-refractivity contribution in [1.82, 2.24) is 0 Å². The summed E-state index contributed by atoms with van der Waals surface area (Å²) in [4.78, 5) is 10.6. The first kappa shape index (κ1) is 12.2. The Kier molecular flexibility index (Phi) is 3.54. The summed E-state index contributed by atoms with van der Waals surface area (Å²) in [5.41, 5.74) is 6.25. The van der Waals surface area contributed by atoms with Crippen LogP contribution in [0.25, 0.3) is 0 Å². The zero-order chi connectivity index (χ0) is 12.4. The van der Waals surface area contributed by atoms with Crippen LogP contribution in [0.2, 0.25) is 5.02 Å². The molecule has 1 fully saturated rings. The third-order valence-corrected chi connectivity index (χ3v) is 2.88. The maximum Gasteiger partial charge on any atom is 0.320 e. The molecule has 0 amide bonds. The van der Waals surface area contributed by atoms with Gasteiger partial charge in [0.25, 0.3) is 0 Å². The van der Waals surface area contributed by atoms with Crippen molar-refractivity contribution in [3.63, 3.8) is 0 Å². The molecule has 1 saturated carbocycles. The Morgan fingerprint density at radius 2 is 2.29 bits per heavy atom. The summed E-state index contributed by atoms with van der Waals surface area (Å²) < 4.78 is 5.58. The molecule has 1 aliphatic rings. The van der Waals surface area contributed by atoms with Gasteiger partial charge in [0.1, 0.15) is 11.8 Å². The first-order valence-corrected chi connectivity index (χ1v) is 5.87. The Bertz CT molecular complexity index is 432. The van der Waals surface area contributed by atoms with Crippen LogP contribution in [0, 0.1) is 0 Å². The summed E-state index contributed by atoms with van der Waals surface area (Å²) >= 11 is 6.05. The van der Waals surface area contributed by atoms with Gasteiger partial charge in [-0.1, -0.05) is 17.7 Å². The SMILES string of the molecule is NC(Cc1ccc(OC2CC2)c(Cl)c1)C(=O)O. The molecular weight excluding hydrogens is 242 g/mol. The lowest BCUT2D eigenvalue weighted by Crippen LogP contribution is -2.32. The Morgan fingerprint density at radius 1 is 1.59 bits per heavy atom. The van der Waals surface area contributed by atoms with Gasteiger partial charge in [0, 0.05) is 0 Å². The molecule has 17 heavy (non-hydrogen) atoms. The Morgan fingerprint density at radius 3 is 2.82 bits per heavy atom. The Hall–Kier alpha value is -1.26. The molecule has 2 rings (SSSR count). The minimum absolute atomic E-state index is 0.263. The number of carbonyl (C=O) groups is 1. The van der Waals surface area contributed by atoms with Gasteiger partial charge in [0.15, 0.2) is 0 Å². The van der Waals surface area contributed by atoms with Gasteiger partial charge in [-0.15, -0.1) is 0 Å². The third-order valence-electron chi connectivity index (χ3n) is 2.59. The second kappa shape index (κ2) is 4.94. The van der Waals surface area contributed by atoms with Crippen molar-refractivity contribution in [2.24, 2.45) is 5.73 Å². The Balaban J connectivity index is 2.04. The Labute approximate surface area is 104 Å². The summed E-state index contributed by atoms with van der Waals surface area (Å²) in [6, 6.07) is 4.38. The number of halogens is 1. The van der Waals surface area contributed by atoms with Crippen molar-refractivity contribution in [3.8, 4) is 5.75 Å². The third kappa shape index (κ3) is 3.35. The van der Waals surface area contributed by atoms with Gasteiger partial charge < -0.3 is 15.6 Å². The molecule has 0 spiro atoms. The molecule has 4 nitrogen and oxygen atoms in total. The lowest BCUT2D eigenvalue weighted by Gasteiger charge is -2.10. The lowest BCUT2D eigenvalue weighted by molar-refractivity contribution is -0.138. The van der Waals surface area contributed by atoms with Crippen LogP contribution in [0.3, 0.4) is 0 Å². The topological polar surface area (TPSA) is 72.5 Å². The minimum Gasteiger partial charge on any atom is -0.489 e. The predicted molar refractivity (Wildman–Crippen MR) is 64.4 cm³/mol. The van der Waals surface area contributed by atoms with E-state index in [9.17, 15) is 4.79 Å².